The fourth-order valence-corrected chi connectivity index (χ4v) is 2.14. The number of esters is 1. The summed E-state index contributed by atoms with van der Waals surface area (Å²) >= 11 is 0. The summed E-state index contributed by atoms with van der Waals surface area (Å²) in [6.45, 7) is 2.40. The Kier molecular flexibility index (Phi) is 6.46. The molecule has 5 heteroatoms. The summed E-state index contributed by atoms with van der Waals surface area (Å²) in [5.41, 5.74) is 6.12. The van der Waals surface area contributed by atoms with Crippen LogP contribution in [0.15, 0.2) is 36.4 Å². The van der Waals surface area contributed by atoms with E-state index >= 15 is 0 Å². The van der Waals surface area contributed by atoms with E-state index in [9.17, 15) is 4.79 Å². The molecule has 2 aromatic rings. The second-order valence-corrected chi connectivity index (χ2v) is 4.54. The van der Waals surface area contributed by atoms with Crippen molar-refractivity contribution < 1.29 is 14.3 Å². The number of methoxy groups -OCH3 is 1. The normalized spacial score (nSPS) is 11.6. The molecular weight excluding hydrogens is 290 g/mol. The first-order valence-electron chi connectivity index (χ1n) is 6.68. The zero-order valence-electron chi connectivity index (χ0n) is 12.2. The first kappa shape index (κ1) is 17.3. The van der Waals surface area contributed by atoms with Crippen molar-refractivity contribution in [3.8, 4) is 5.75 Å². The minimum atomic E-state index is -0.399. The van der Waals surface area contributed by atoms with Gasteiger partial charge in [0.1, 0.15) is 17.4 Å². The standard InChI is InChI=1S/C16H19NO3.ClH/c1-3-12(10-17)20-14-9-8-11-6-4-5-7-13(11)15(14)16(18)19-2;/h4-9,12H,3,10,17H2,1-2H3;1H. The zero-order chi connectivity index (χ0) is 14.5. The van der Waals surface area contributed by atoms with Crippen molar-refractivity contribution in [2.24, 2.45) is 5.73 Å². The number of fused-ring (bicyclic) bond motifs is 1. The molecule has 0 aliphatic heterocycles. The third-order valence-electron chi connectivity index (χ3n) is 3.29. The molecule has 4 nitrogen and oxygen atoms in total. The summed E-state index contributed by atoms with van der Waals surface area (Å²) in [6.07, 6.45) is 0.670. The molecule has 0 amide bonds. The molecule has 0 aliphatic carbocycles. The maximum Gasteiger partial charge on any atom is 0.342 e. The Bertz CT molecular complexity index is 611. The molecular formula is C16H20ClNO3. The fourth-order valence-electron chi connectivity index (χ4n) is 2.14. The average molecular weight is 310 g/mol. The molecule has 0 bridgehead atoms. The molecule has 0 aliphatic rings. The van der Waals surface area contributed by atoms with Crippen LogP contribution in [0, 0.1) is 0 Å². The van der Waals surface area contributed by atoms with Crippen LogP contribution in [0.25, 0.3) is 10.8 Å². The molecule has 0 fully saturated rings. The SMILES string of the molecule is CCC(CN)Oc1ccc2ccccc2c1C(=O)OC.Cl. The molecule has 2 aromatic carbocycles. The van der Waals surface area contributed by atoms with Crippen LogP contribution in [0.3, 0.4) is 0 Å². The van der Waals surface area contributed by atoms with Gasteiger partial charge in [0, 0.05) is 6.54 Å². The summed E-state index contributed by atoms with van der Waals surface area (Å²) in [7, 11) is 1.37. The Morgan fingerprint density at radius 1 is 1.24 bits per heavy atom. The smallest absolute Gasteiger partial charge is 0.342 e. The second-order valence-electron chi connectivity index (χ2n) is 4.54. The Morgan fingerprint density at radius 2 is 1.95 bits per heavy atom. The van der Waals surface area contributed by atoms with E-state index in [1.807, 2.05) is 37.3 Å². The number of rotatable bonds is 5. The number of carbonyl (C=O) groups excluding carboxylic acids is 1. The van der Waals surface area contributed by atoms with Gasteiger partial charge >= 0.3 is 5.97 Å². The first-order chi connectivity index (χ1) is 9.71. The van der Waals surface area contributed by atoms with E-state index in [1.54, 1.807) is 6.07 Å². The van der Waals surface area contributed by atoms with E-state index < -0.39 is 5.97 Å². The molecule has 0 heterocycles. The summed E-state index contributed by atoms with van der Waals surface area (Å²) in [6, 6.07) is 11.4. The largest absolute Gasteiger partial charge is 0.488 e. The molecule has 1 atom stereocenters. The summed E-state index contributed by atoms with van der Waals surface area (Å²) < 4.78 is 10.7. The Morgan fingerprint density at radius 3 is 2.57 bits per heavy atom. The van der Waals surface area contributed by atoms with Crippen molar-refractivity contribution in [3.63, 3.8) is 0 Å². The van der Waals surface area contributed by atoms with Gasteiger partial charge in [-0.2, -0.15) is 0 Å². The molecule has 0 spiro atoms. The maximum atomic E-state index is 12.1. The van der Waals surface area contributed by atoms with E-state index in [4.69, 9.17) is 15.2 Å². The van der Waals surface area contributed by atoms with Gasteiger partial charge in [0.15, 0.2) is 0 Å². The lowest BCUT2D eigenvalue weighted by Gasteiger charge is -2.18. The number of hydrogen-bond acceptors (Lipinski definition) is 4. The summed E-state index contributed by atoms with van der Waals surface area (Å²) in [4.78, 5) is 12.1. The van der Waals surface area contributed by atoms with Crippen molar-refractivity contribution in [1.29, 1.82) is 0 Å². The predicted octanol–water partition coefficient (Wildman–Crippen LogP) is 3.16. The third-order valence-corrected chi connectivity index (χ3v) is 3.29. The highest BCUT2D eigenvalue weighted by atomic mass is 35.5. The van der Waals surface area contributed by atoms with Gasteiger partial charge in [-0.15, -0.1) is 12.4 Å². The van der Waals surface area contributed by atoms with E-state index in [-0.39, 0.29) is 18.5 Å². The highest BCUT2D eigenvalue weighted by molar-refractivity contribution is 6.07. The molecule has 0 saturated carbocycles. The van der Waals surface area contributed by atoms with Crippen LogP contribution in [-0.2, 0) is 4.74 Å². The number of nitrogens with two attached hydrogens (primary N) is 1. The monoisotopic (exact) mass is 309 g/mol. The Balaban J connectivity index is 0.00000220. The zero-order valence-corrected chi connectivity index (χ0v) is 13.0. The fraction of sp³-hybridized carbons (Fsp3) is 0.312. The Hall–Kier alpha value is -1.78. The number of carbonyl (C=O) groups is 1. The van der Waals surface area contributed by atoms with Crippen LogP contribution in [0.5, 0.6) is 5.75 Å². The minimum Gasteiger partial charge on any atom is -0.488 e. The van der Waals surface area contributed by atoms with Crippen LogP contribution in [0.1, 0.15) is 23.7 Å². The molecule has 0 radical (unpaired) electrons. The molecule has 2 rings (SSSR count). The first-order valence-corrected chi connectivity index (χ1v) is 6.68. The number of hydrogen-bond donors (Lipinski definition) is 1. The van der Waals surface area contributed by atoms with Gasteiger partial charge in [-0.3, -0.25) is 0 Å². The van der Waals surface area contributed by atoms with Crippen LogP contribution in [0.2, 0.25) is 0 Å². The van der Waals surface area contributed by atoms with Crippen molar-refractivity contribution >= 4 is 29.1 Å². The number of ether oxygens (including phenoxy) is 2. The Labute approximate surface area is 130 Å². The molecule has 0 saturated heterocycles. The third kappa shape index (κ3) is 3.65. The van der Waals surface area contributed by atoms with Crippen LogP contribution in [0.4, 0.5) is 0 Å². The average Bonchev–Trinajstić information content (AvgIpc) is 2.51. The van der Waals surface area contributed by atoms with Gasteiger partial charge in [0.2, 0.25) is 0 Å². The molecule has 21 heavy (non-hydrogen) atoms. The maximum absolute atomic E-state index is 12.1. The number of halogens is 1. The van der Waals surface area contributed by atoms with Gasteiger partial charge in [-0.1, -0.05) is 37.3 Å². The van der Waals surface area contributed by atoms with Crippen molar-refractivity contribution in [2.75, 3.05) is 13.7 Å². The lowest BCUT2D eigenvalue weighted by atomic mass is 10.0. The minimum absolute atomic E-state index is 0. The lowest BCUT2D eigenvalue weighted by molar-refractivity contribution is 0.0595. The molecule has 0 aromatic heterocycles. The van der Waals surface area contributed by atoms with Crippen LogP contribution >= 0.6 is 12.4 Å². The van der Waals surface area contributed by atoms with Crippen LogP contribution < -0.4 is 10.5 Å². The van der Waals surface area contributed by atoms with Crippen molar-refractivity contribution in [1.82, 2.24) is 0 Å². The van der Waals surface area contributed by atoms with Gasteiger partial charge < -0.3 is 15.2 Å². The van der Waals surface area contributed by atoms with Gasteiger partial charge in [-0.25, -0.2) is 4.79 Å². The van der Waals surface area contributed by atoms with Crippen molar-refractivity contribution in [3.05, 3.63) is 42.0 Å². The lowest BCUT2D eigenvalue weighted by Crippen LogP contribution is -2.26. The summed E-state index contributed by atoms with van der Waals surface area (Å²) in [5.74, 6) is 0.122. The van der Waals surface area contributed by atoms with Crippen molar-refractivity contribution in [2.45, 2.75) is 19.4 Å². The van der Waals surface area contributed by atoms with E-state index in [0.29, 0.717) is 17.9 Å². The van der Waals surface area contributed by atoms with E-state index in [0.717, 1.165) is 17.2 Å². The molecule has 2 N–H and O–H groups in total. The molecule has 114 valence electrons. The van der Waals surface area contributed by atoms with Crippen LogP contribution in [-0.4, -0.2) is 25.7 Å². The topological polar surface area (TPSA) is 61.5 Å². The van der Waals surface area contributed by atoms with E-state index in [1.165, 1.54) is 7.11 Å². The molecule has 1 unspecified atom stereocenters. The highest BCUT2D eigenvalue weighted by Gasteiger charge is 2.19. The van der Waals surface area contributed by atoms with Gasteiger partial charge in [0.25, 0.3) is 0 Å². The summed E-state index contributed by atoms with van der Waals surface area (Å²) in [5, 5.41) is 1.80. The van der Waals surface area contributed by atoms with E-state index in [2.05, 4.69) is 0 Å². The predicted molar refractivity (Wildman–Crippen MR) is 86.3 cm³/mol. The van der Waals surface area contributed by atoms with Gasteiger partial charge in [-0.05, 0) is 23.3 Å². The number of benzene rings is 2. The second kappa shape index (κ2) is 7.86. The quantitative estimate of drug-likeness (QED) is 0.862. The van der Waals surface area contributed by atoms with Gasteiger partial charge in [0.05, 0.1) is 7.11 Å². The highest BCUT2D eigenvalue weighted by Crippen LogP contribution is 2.29.